The van der Waals surface area contributed by atoms with Crippen LogP contribution in [0.4, 0.5) is 10.6 Å². The molecule has 0 atom stereocenters. The summed E-state index contributed by atoms with van der Waals surface area (Å²) in [6.45, 7) is 7.65. The highest BCUT2D eigenvalue weighted by atomic mass is 16.6. The minimum atomic E-state index is -0.576. The number of aromatic nitrogens is 3. The molecule has 3 heterocycles. The van der Waals surface area contributed by atoms with E-state index in [1.54, 1.807) is 6.20 Å². The fourth-order valence-electron chi connectivity index (χ4n) is 3.57. The van der Waals surface area contributed by atoms with Crippen molar-refractivity contribution in [3.8, 4) is 0 Å². The Labute approximate surface area is 151 Å². The molecule has 138 valence electrons. The molecule has 1 saturated carbocycles. The van der Waals surface area contributed by atoms with Crippen LogP contribution in [0.25, 0.3) is 11.0 Å². The van der Waals surface area contributed by atoms with Crippen LogP contribution in [0, 0.1) is 0 Å². The zero-order chi connectivity index (χ0) is 18.5. The van der Waals surface area contributed by atoms with E-state index in [1.807, 2.05) is 31.7 Å². The smallest absolute Gasteiger partial charge is 0.420 e. The van der Waals surface area contributed by atoms with Crippen LogP contribution in [0.5, 0.6) is 0 Å². The van der Waals surface area contributed by atoms with Gasteiger partial charge in [-0.1, -0.05) is 0 Å². The van der Waals surface area contributed by atoms with E-state index in [-0.39, 0.29) is 5.54 Å². The Morgan fingerprint density at radius 2 is 2.04 bits per heavy atom. The van der Waals surface area contributed by atoms with Gasteiger partial charge in [0.15, 0.2) is 5.65 Å². The molecule has 0 N–H and O–H groups in total. The fourth-order valence-corrected chi connectivity index (χ4v) is 3.57. The molecular formula is C18H23N5O3. The lowest BCUT2D eigenvalue weighted by atomic mass is 10.1. The van der Waals surface area contributed by atoms with Crippen molar-refractivity contribution in [3.05, 3.63) is 18.6 Å². The molecule has 2 aliphatic rings. The molecule has 0 bridgehead atoms. The van der Waals surface area contributed by atoms with E-state index in [2.05, 4.69) is 14.9 Å². The van der Waals surface area contributed by atoms with Crippen LogP contribution in [-0.2, 0) is 9.53 Å². The van der Waals surface area contributed by atoms with Crippen molar-refractivity contribution in [1.82, 2.24) is 19.4 Å². The minimum Gasteiger partial charge on any atom is -0.443 e. The lowest BCUT2D eigenvalue weighted by molar-refractivity contribution is -0.121. The highest BCUT2D eigenvalue weighted by Gasteiger charge is 2.51. The molecule has 2 fully saturated rings. The van der Waals surface area contributed by atoms with Crippen molar-refractivity contribution >= 4 is 29.4 Å². The molecule has 8 heteroatoms. The van der Waals surface area contributed by atoms with Gasteiger partial charge in [-0.05, 0) is 39.7 Å². The van der Waals surface area contributed by atoms with E-state index in [1.165, 1.54) is 10.9 Å². The van der Waals surface area contributed by atoms with E-state index in [0.717, 1.165) is 37.0 Å². The quantitative estimate of drug-likeness (QED) is 0.765. The molecule has 2 aromatic heterocycles. The summed E-state index contributed by atoms with van der Waals surface area (Å²) in [6, 6.07) is 1.85. The predicted molar refractivity (Wildman–Crippen MR) is 96.1 cm³/mol. The molecule has 0 unspecified atom stereocenters. The number of fused-ring (bicyclic) bond motifs is 1. The van der Waals surface area contributed by atoms with Crippen LogP contribution in [0.3, 0.4) is 0 Å². The summed E-state index contributed by atoms with van der Waals surface area (Å²) < 4.78 is 6.87. The third kappa shape index (κ3) is 2.79. The lowest BCUT2D eigenvalue weighted by Crippen LogP contribution is -2.54. The summed E-state index contributed by atoms with van der Waals surface area (Å²) in [4.78, 5) is 36.6. The minimum absolute atomic E-state index is 0.0506. The summed E-state index contributed by atoms with van der Waals surface area (Å²) in [5.41, 5.74) is -0.0928. The Bertz CT molecular complexity index is 865. The van der Waals surface area contributed by atoms with Crippen LogP contribution in [0.1, 0.15) is 33.6 Å². The molecule has 0 aromatic carbocycles. The highest BCUT2D eigenvalue weighted by molar-refractivity contribution is 5.93. The van der Waals surface area contributed by atoms with Crippen molar-refractivity contribution in [2.75, 3.05) is 24.5 Å². The summed E-state index contributed by atoms with van der Waals surface area (Å²) in [7, 11) is 0. The molecule has 4 rings (SSSR count). The van der Waals surface area contributed by atoms with Crippen molar-refractivity contribution in [2.45, 2.75) is 44.8 Å². The molecule has 1 saturated heterocycles. The van der Waals surface area contributed by atoms with Gasteiger partial charge < -0.3 is 14.5 Å². The van der Waals surface area contributed by atoms with Gasteiger partial charge in [-0.25, -0.2) is 19.3 Å². The highest BCUT2D eigenvalue weighted by Crippen LogP contribution is 2.44. The molecule has 1 spiro atoms. The van der Waals surface area contributed by atoms with E-state index >= 15 is 0 Å². The van der Waals surface area contributed by atoms with E-state index in [4.69, 9.17) is 4.74 Å². The van der Waals surface area contributed by atoms with E-state index < -0.39 is 11.7 Å². The van der Waals surface area contributed by atoms with Gasteiger partial charge in [0.05, 0.1) is 10.9 Å². The predicted octanol–water partition coefficient (Wildman–Crippen LogP) is 2.03. The molecule has 8 nitrogen and oxygen atoms in total. The Kier molecular flexibility index (Phi) is 3.68. The van der Waals surface area contributed by atoms with Crippen LogP contribution in [-0.4, -0.2) is 62.7 Å². The first-order valence-electron chi connectivity index (χ1n) is 8.85. The molecule has 1 aliphatic heterocycles. The molecule has 0 radical (unpaired) electrons. The molecule has 1 amide bonds. The van der Waals surface area contributed by atoms with Crippen molar-refractivity contribution in [1.29, 1.82) is 0 Å². The monoisotopic (exact) mass is 357 g/mol. The third-order valence-electron chi connectivity index (χ3n) is 5.01. The number of hydrogen-bond donors (Lipinski definition) is 0. The van der Waals surface area contributed by atoms with Crippen molar-refractivity contribution in [2.24, 2.45) is 0 Å². The lowest BCUT2D eigenvalue weighted by Gasteiger charge is -2.40. The molecular weight excluding hydrogens is 334 g/mol. The first-order chi connectivity index (χ1) is 12.3. The van der Waals surface area contributed by atoms with Gasteiger partial charge in [-0.2, -0.15) is 0 Å². The van der Waals surface area contributed by atoms with Crippen LogP contribution in [0.15, 0.2) is 18.6 Å². The topological polar surface area (TPSA) is 80.6 Å². The second kappa shape index (κ2) is 5.69. The summed E-state index contributed by atoms with van der Waals surface area (Å²) in [5.74, 6) is 0.800. The van der Waals surface area contributed by atoms with Crippen molar-refractivity contribution in [3.63, 3.8) is 0 Å². The number of rotatable bonds is 2. The molecule has 26 heavy (non-hydrogen) atoms. The number of anilines is 1. The maximum atomic E-state index is 12.4. The van der Waals surface area contributed by atoms with Gasteiger partial charge in [0.1, 0.15) is 17.7 Å². The van der Waals surface area contributed by atoms with Crippen LogP contribution < -0.4 is 4.90 Å². The van der Waals surface area contributed by atoms with Gasteiger partial charge in [0.2, 0.25) is 6.41 Å². The number of piperazine rings is 1. The number of hydrogen-bond acceptors (Lipinski definition) is 6. The van der Waals surface area contributed by atoms with Crippen molar-refractivity contribution < 1.29 is 14.3 Å². The second-order valence-electron chi connectivity index (χ2n) is 8.05. The number of nitrogens with zero attached hydrogens (tertiary/aromatic N) is 5. The van der Waals surface area contributed by atoms with Gasteiger partial charge in [0.25, 0.3) is 0 Å². The van der Waals surface area contributed by atoms with Crippen LogP contribution in [0.2, 0.25) is 0 Å². The maximum Gasteiger partial charge on any atom is 0.420 e. The van der Waals surface area contributed by atoms with Gasteiger partial charge >= 0.3 is 6.09 Å². The maximum absolute atomic E-state index is 12.4. The molecule has 1 aliphatic carbocycles. The number of carbonyl (C=O) groups is 2. The zero-order valence-electron chi connectivity index (χ0n) is 15.3. The Morgan fingerprint density at radius 1 is 1.27 bits per heavy atom. The normalized spacial score (nSPS) is 19.0. The van der Waals surface area contributed by atoms with Crippen LogP contribution >= 0.6 is 0 Å². The van der Waals surface area contributed by atoms with Gasteiger partial charge in [-0.15, -0.1) is 0 Å². The van der Waals surface area contributed by atoms with E-state index in [0.29, 0.717) is 18.7 Å². The number of ether oxygens (including phenoxy) is 1. The number of amides is 1. The van der Waals surface area contributed by atoms with Gasteiger partial charge in [0, 0.05) is 25.8 Å². The standard InChI is InChI=1S/C18H23N5O3/c1-17(2,3)26-16(25)23-7-4-13-14(19-11-20-15(13)23)21-8-9-22(12-24)18(10-21)5-6-18/h4,7,11-12H,5-6,8-10H2,1-3H3. The Hall–Kier alpha value is -2.64. The Balaban J connectivity index is 1.66. The Morgan fingerprint density at radius 3 is 2.69 bits per heavy atom. The molecule has 2 aromatic rings. The summed E-state index contributed by atoms with van der Waals surface area (Å²) in [6.07, 6.45) is 5.70. The fraction of sp³-hybridized carbons (Fsp3) is 0.556. The SMILES string of the molecule is CC(C)(C)OC(=O)n1ccc2c(N3CCN(C=O)C4(CC4)C3)ncnc21. The average molecular weight is 357 g/mol. The average Bonchev–Trinajstić information content (AvgIpc) is 3.19. The van der Waals surface area contributed by atoms with E-state index in [9.17, 15) is 9.59 Å². The number of carbonyl (C=O) groups excluding carboxylic acids is 2. The zero-order valence-corrected chi connectivity index (χ0v) is 15.3. The second-order valence-corrected chi connectivity index (χ2v) is 8.05. The largest absolute Gasteiger partial charge is 0.443 e. The third-order valence-corrected chi connectivity index (χ3v) is 5.01. The summed E-state index contributed by atoms with van der Waals surface area (Å²) in [5, 5.41) is 0.814. The van der Waals surface area contributed by atoms with Gasteiger partial charge in [-0.3, -0.25) is 4.79 Å². The summed E-state index contributed by atoms with van der Waals surface area (Å²) >= 11 is 0. The first-order valence-corrected chi connectivity index (χ1v) is 8.85. The first kappa shape index (κ1) is 16.8.